The topological polar surface area (TPSA) is 28.2 Å². The fourth-order valence-electron chi connectivity index (χ4n) is 1.84. The average Bonchev–Trinajstić information content (AvgIpc) is 2.34. The zero-order valence-electron chi connectivity index (χ0n) is 10.6. The fraction of sp³-hybridized carbons (Fsp3) is 0.615. The number of nitrogens with zero attached hydrogens (tertiary/aromatic N) is 2. The second kappa shape index (κ2) is 7.36. The molecule has 1 aromatic heterocycles. The van der Waals surface area contributed by atoms with Gasteiger partial charge in [-0.25, -0.2) is 0 Å². The molecule has 1 rings (SSSR count). The first-order valence-electron chi connectivity index (χ1n) is 6.05. The maximum absolute atomic E-state index is 4.04. The van der Waals surface area contributed by atoms with Crippen molar-refractivity contribution in [3.8, 4) is 0 Å². The first kappa shape index (κ1) is 13.1. The van der Waals surface area contributed by atoms with E-state index in [2.05, 4.69) is 41.2 Å². The van der Waals surface area contributed by atoms with Gasteiger partial charge in [-0.15, -0.1) is 0 Å². The molecule has 0 aliphatic heterocycles. The Morgan fingerprint density at radius 1 is 1.38 bits per heavy atom. The van der Waals surface area contributed by atoms with E-state index < -0.39 is 0 Å². The number of pyridine rings is 1. The van der Waals surface area contributed by atoms with Crippen molar-refractivity contribution in [2.45, 2.75) is 32.9 Å². The number of aromatic nitrogens is 1. The minimum atomic E-state index is 0.616. The molecule has 0 saturated carbocycles. The number of hydrogen-bond acceptors (Lipinski definition) is 3. The first-order valence-corrected chi connectivity index (χ1v) is 6.05. The summed E-state index contributed by atoms with van der Waals surface area (Å²) in [6.45, 7) is 7.70. The second-order valence-corrected chi connectivity index (χ2v) is 4.16. The highest BCUT2D eigenvalue weighted by atomic mass is 15.1. The number of rotatable bonds is 7. The van der Waals surface area contributed by atoms with E-state index in [-0.39, 0.29) is 0 Å². The van der Waals surface area contributed by atoms with Gasteiger partial charge >= 0.3 is 0 Å². The number of hydrogen-bond donors (Lipinski definition) is 1. The summed E-state index contributed by atoms with van der Waals surface area (Å²) < 4.78 is 0. The Kier molecular flexibility index (Phi) is 6.04. The average molecular weight is 221 g/mol. The van der Waals surface area contributed by atoms with Crippen LogP contribution in [-0.2, 0) is 6.54 Å². The van der Waals surface area contributed by atoms with Crippen molar-refractivity contribution >= 4 is 0 Å². The first-order chi connectivity index (χ1) is 7.77. The van der Waals surface area contributed by atoms with Gasteiger partial charge in [-0.1, -0.05) is 6.92 Å². The maximum atomic E-state index is 4.04. The molecule has 0 amide bonds. The summed E-state index contributed by atoms with van der Waals surface area (Å²) in [6.07, 6.45) is 4.91. The molecule has 1 heterocycles. The summed E-state index contributed by atoms with van der Waals surface area (Å²) in [5.74, 6) is 0. The molecule has 1 atom stereocenters. The van der Waals surface area contributed by atoms with Crippen molar-refractivity contribution in [1.82, 2.24) is 15.2 Å². The Morgan fingerprint density at radius 3 is 2.62 bits per heavy atom. The monoisotopic (exact) mass is 221 g/mol. The van der Waals surface area contributed by atoms with Crippen LogP contribution in [0.1, 0.15) is 25.8 Å². The molecule has 0 radical (unpaired) electrons. The third-order valence-electron chi connectivity index (χ3n) is 2.98. The van der Waals surface area contributed by atoms with Crippen LogP contribution in [0.3, 0.4) is 0 Å². The van der Waals surface area contributed by atoms with Crippen LogP contribution >= 0.6 is 0 Å². The van der Waals surface area contributed by atoms with Crippen molar-refractivity contribution in [1.29, 1.82) is 0 Å². The van der Waals surface area contributed by atoms with E-state index in [1.807, 2.05) is 19.4 Å². The molecule has 0 aliphatic carbocycles. The lowest BCUT2D eigenvalue weighted by molar-refractivity contribution is 0.201. The van der Waals surface area contributed by atoms with Crippen molar-refractivity contribution in [3.05, 3.63) is 30.1 Å². The largest absolute Gasteiger partial charge is 0.320 e. The zero-order valence-corrected chi connectivity index (χ0v) is 10.6. The van der Waals surface area contributed by atoms with Crippen LogP contribution in [0.5, 0.6) is 0 Å². The van der Waals surface area contributed by atoms with Crippen molar-refractivity contribution in [2.24, 2.45) is 0 Å². The van der Waals surface area contributed by atoms with E-state index in [0.717, 1.165) is 19.6 Å². The Labute approximate surface area is 98.9 Å². The highest BCUT2D eigenvalue weighted by Gasteiger charge is 2.11. The van der Waals surface area contributed by atoms with Crippen molar-refractivity contribution in [2.75, 3.05) is 20.1 Å². The third kappa shape index (κ3) is 4.29. The van der Waals surface area contributed by atoms with Gasteiger partial charge in [0.2, 0.25) is 0 Å². The molecular weight excluding hydrogens is 198 g/mol. The van der Waals surface area contributed by atoms with Gasteiger partial charge in [0.25, 0.3) is 0 Å². The van der Waals surface area contributed by atoms with E-state index in [1.165, 1.54) is 12.0 Å². The Bertz CT molecular complexity index is 274. The number of nitrogens with one attached hydrogen (secondary N) is 1. The van der Waals surface area contributed by atoms with Gasteiger partial charge in [-0.05, 0) is 51.2 Å². The molecule has 0 spiro atoms. The molecule has 90 valence electrons. The van der Waals surface area contributed by atoms with Crippen molar-refractivity contribution in [3.63, 3.8) is 0 Å². The predicted molar refractivity (Wildman–Crippen MR) is 68.3 cm³/mol. The molecule has 0 bridgehead atoms. The van der Waals surface area contributed by atoms with Crippen molar-refractivity contribution < 1.29 is 0 Å². The zero-order chi connectivity index (χ0) is 11.8. The van der Waals surface area contributed by atoms with Crippen LogP contribution < -0.4 is 5.32 Å². The van der Waals surface area contributed by atoms with Gasteiger partial charge in [-0.2, -0.15) is 0 Å². The van der Waals surface area contributed by atoms with E-state index in [4.69, 9.17) is 0 Å². The van der Waals surface area contributed by atoms with Gasteiger partial charge in [0.1, 0.15) is 0 Å². The predicted octanol–water partition coefficient (Wildman–Crippen LogP) is 1.90. The SMILES string of the molecule is CCN(Cc1ccncc1)C(C)CCNC. The molecule has 3 nitrogen and oxygen atoms in total. The van der Waals surface area contributed by atoms with E-state index in [0.29, 0.717) is 6.04 Å². The highest BCUT2D eigenvalue weighted by molar-refractivity contribution is 5.09. The van der Waals surface area contributed by atoms with Gasteiger partial charge < -0.3 is 5.32 Å². The van der Waals surface area contributed by atoms with Crippen LogP contribution in [0.2, 0.25) is 0 Å². The molecule has 1 N–H and O–H groups in total. The van der Waals surface area contributed by atoms with Crippen LogP contribution in [0.15, 0.2) is 24.5 Å². The third-order valence-corrected chi connectivity index (χ3v) is 2.98. The summed E-state index contributed by atoms with van der Waals surface area (Å²) in [6, 6.07) is 4.80. The molecule has 0 fully saturated rings. The lowest BCUT2D eigenvalue weighted by atomic mass is 10.1. The van der Waals surface area contributed by atoms with Gasteiger partial charge in [0.15, 0.2) is 0 Å². The fourth-order valence-corrected chi connectivity index (χ4v) is 1.84. The summed E-state index contributed by atoms with van der Waals surface area (Å²) in [4.78, 5) is 6.54. The van der Waals surface area contributed by atoms with Crippen LogP contribution in [0.25, 0.3) is 0 Å². The normalized spacial score (nSPS) is 13.0. The molecule has 16 heavy (non-hydrogen) atoms. The van der Waals surface area contributed by atoms with Crippen LogP contribution in [0, 0.1) is 0 Å². The minimum absolute atomic E-state index is 0.616. The van der Waals surface area contributed by atoms with Gasteiger partial charge in [-0.3, -0.25) is 9.88 Å². The van der Waals surface area contributed by atoms with E-state index in [9.17, 15) is 0 Å². The van der Waals surface area contributed by atoms with E-state index >= 15 is 0 Å². The maximum Gasteiger partial charge on any atom is 0.0271 e. The summed E-state index contributed by atoms with van der Waals surface area (Å²) in [5.41, 5.74) is 1.34. The Morgan fingerprint density at radius 2 is 2.06 bits per heavy atom. The molecular formula is C13H23N3. The molecule has 0 aliphatic rings. The summed E-state index contributed by atoms with van der Waals surface area (Å²) in [7, 11) is 2.01. The molecule has 1 aromatic rings. The minimum Gasteiger partial charge on any atom is -0.320 e. The van der Waals surface area contributed by atoms with Gasteiger partial charge in [0.05, 0.1) is 0 Å². The van der Waals surface area contributed by atoms with Crippen LogP contribution in [0.4, 0.5) is 0 Å². The Hall–Kier alpha value is -0.930. The Balaban J connectivity index is 2.48. The van der Waals surface area contributed by atoms with Crippen LogP contribution in [-0.4, -0.2) is 36.1 Å². The standard InChI is InChI=1S/C13H23N3/c1-4-16(12(2)5-8-14-3)11-13-6-9-15-10-7-13/h6-7,9-10,12,14H,4-5,8,11H2,1-3H3. The second-order valence-electron chi connectivity index (χ2n) is 4.16. The smallest absolute Gasteiger partial charge is 0.0271 e. The molecule has 3 heteroatoms. The molecule has 0 saturated heterocycles. The molecule has 1 unspecified atom stereocenters. The van der Waals surface area contributed by atoms with E-state index in [1.54, 1.807) is 0 Å². The highest BCUT2D eigenvalue weighted by Crippen LogP contribution is 2.09. The quantitative estimate of drug-likeness (QED) is 0.762. The lowest BCUT2D eigenvalue weighted by Gasteiger charge is -2.27. The lowest BCUT2D eigenvalue weighted by Crippen LogP contribution is -2.34. The summed E-state index contributed by atoms with van der Waals surface area (Å²) in [5, 5.41) is 3.20. The summed E-state index contributed by atoms with van der Waals surface area (Å²) >= 11 is 0. The molecule has 0 aromatic carbocycles. The van der Waals surface area contributed by atoms with Gasteiger partial charge in [0, 0.05) is 25.0 Å².